The number of rotatable bonds is 5. The minimum Gasteiger partial charge on any atom is -0.494 e. The largest absolute Gasteiger partial charge is 0.494 e. The maximum atomic E-state index is 11.7. The number of benzene rings is 1. The van der Waals surface area contributed by atoms with E-state index >= 15 is 0 Å². The summed E-state index contributed by atoms with van der Waals surface area (Å²) >= 11 is 0. The van der Waals surface area contributed by atoms with E-state index in [-0.39, 0.29) is 5.91 Å². The summed E-state index contributed by atoms with van der Waals surface area (Å²) in [4.78, 5) is 11.7. The fraction of sp³-hybridized carbons (Fsp3) is 0.533. The van der Waals surface area contributed by atoms with Crippen LogP contribution in [-0.4, -0.2) is 18.1 Å². The van der Waals surface area contributed by atoms with E-state index in [0.29, 0.717) is 25.2 Å². The van der Waals surface area contributed by atoms with Gasteiger partial charge in [-0.05, 0) is 56.9 Å². The van der Waals surface area contributed by atoms with Crippen LogP contribution in [0.4, 0.5) is 0 Å². The fourth-order valence-electron chi connectivity index (χ4n) is 2.52. The third-order valence-corrected chi connectivity index (χ3v) is 3.56. The van der Waals surface area contributed by atoms with Gasteiger partial charge in [-0.15, -0.1) is 0 Å². The number of primary amides is 1. The molecule has 1 saturated carbocycles. The Hall–Kier alpha value is -1.71. The minimum absolute atomic E-state index is 0.360. The highest BCUT2D eigenvalue weighted by Crippen LogP contribution is 2.33. The van der Waals surface area contributed by atoms with E-state index in [4.69, 9.17) is 15.2 Å². The maximum Gasteiger partial charge on any atom is 0.261 e. The zero-order valence-corrected chi connectivity index (χ0v) is 11.4. The number of amides is 1. The molecule has 0 aliphatic heterocycles. The molecule has 0 bridgehead atoms. The van der Waals surface area contributed by atoms with E-state index in [1.807, 2.05) is 31.2 Å². The Morgan fingerprint density at radius 3 is 2.26 bits per heavy atom. The molecule has 1 aromatic rings. The van der Waals surface area contributed by atoms with Crippen LogP contribution >= 0.6 is 0 Å². The molecule has 19 heavy (non-hydrogen) atoms. The lowest BCUT2D eigenvalue weighted by atomic mass is 9.84. The van der Waals surface area contributed by atoms with Gasteiger partial charge in [-0.25, -0.2) is 0 Å². The van der Waals surface area contributed by atoms with Gasteiger partial charge >= 0.3 is 0 Å². The van der Waals surface area contributed by atoms with Crippen molar-refractivity contribution in [1.82, 2.24) is 0 Å². The Labute approximate surface area is 113 Å². The molecule has 0 saturated heterocycles. The van der Waals surface area contributed by atoms with Crippen LogP contribution in [0.1, 0.15) is 39.0 Å². The van der Waals surface area contributed by atoms with Crippen molar-refractivity contribution in [2.45, 2.75) is 44.6 Å². The summed E-state index contributed by atoms with van der Waals surface area (Å²) in [6.45, 7) is 2.57. The van der Waals surface area contributed by atoms with Crippen LogP contribution in [0.5, 0.6) is 11.5 Å². The van der Waals surface area contributed by atoms with Crippen LogP contribution in [0.15, 0.2) is 24.3 Å². The van der Waals surface area contributed by atoms with Gasteiger partial charge in [0.05, 0.1) is 6.61 Å². The van der Waals surface area contributed by atoms with Gasteiger partial charge in [0.25, 0.3) is 5.91 Å². The molecule has 1 aromatic carbocycles. The van der Waals surface area contributed by atoms with Crippen molar-refractivity contribution in [3.05, 3.63) is 24.3 Å². The van der Waals surface area contributed by atoms with Gasteiger partial charge in [-0.2, -0.15) is 0 Å². The zero-order chi connectivity index (χ0) is 13.7. The average molecular weight is 263 g/mol. The molecule has 1 fully saturated rings. The molecule has 1 aliphatic carbocycles. The first-order chi connectivity index (χ1) is 9.16. The molecule has 2 N–H and O–H groups in total. The summed E-state index contributed by atoms with van der Waals surface area (Å²) in [5.74, 6) is 1.11. The number of carbonyl (C=O) groups is 1. The minimum atomic E-state index is -0.828. The molecule has 4 heteroatoms. The average Bonchev–Trinajstić information content (AvgIpc) is 2.42. The smallest absolute Gasteiger partial charge is 0.261 e. The number of hydrogen-bond acceptors (Lipinski definition) is 3. The van der Waals surface area contributed by atoms with Gasteiger partial charge in [-0.1, -0.05) is 6.42 Å². The van der Waals surface area contributed by atoms with Crippen LogP contribution in [-0.2, 0) is 4.79 Å². The molecule has 1 aliphatic rings. The van der Waals surface area contributed by atoms with Crippen LogP contribution < -0.4 is 15.2 Å². The van der Waals surface area contributed by atoms with E-state index in [9.17, 15) is 4.79 Å². The highest BCUT2D eigenvalue weighted by Gasteiger charge is 2.40. The summed E-state index contributed by atoms with van der Waals surface area (Å²) in [5.41, 5.74) is 4.71. The van der Waals surface area contributed by atoms with E-state index < -0.39 is 5.60 Å². The van der Waals surface area contributed by atoms with Crippen LogP contribution in [0.3, 0.4) is 0 Å². The SMILES string of the molecule is CCOc1ccc(OC2(C(N)=O)CCCCC2)cc1. The molecule has 0 unspecified atom stereocenters. The van der Waals surface area contributed by atoms with Crippen molar-refractivity contribution in [1.29, 1.82) is 0 Å². The monoisotopic (exact) mass is 263 g/mol. The van der Waals surface area contributed by atoms with Crippen LogP contribution in [0.2, 0.25) is 0 Å². The summed E-state index contributed by atoms with van der Waals surface area (Å²) < 4.78 is 11.3. The van der Waals surface area contributed by atoms with Crippen molar-refractivity contribution >= 4 is 5.91 Å². The Kier molecular flexibility index (Phi) is 4.30. The van der Waals surface area contributed by atoms with E-state index in [1.165, 1.54) is 0 Å². The van der Waals surface area contributed by atoms with Gasteiger partial charge in [0.2, 0.25) is 0 Å². The maximum absolute atomic E-state index is 11.7. The van der Waals surface area contributed by atoms with Crippen LogP contribution in [0, 0.1) is 0 Å². The van der Waals surface area contributed by atoms with Crippen LogP contribution in [0.25, 0.3) is 0 Å². The van der Waals surface area contributed by atoms with Gasteiger partial charge in [-0.3, -0.25) is 4.79 Å². The third-order valence-electron chi connectivity index (χ3n) is 3.56. The third kappa shape index (κ3) is 3.19. The van der Waals surface area contributed by atoms with E-state index in [2.05, 4.69) is 0 Å². The molecule has 0 radical (unpaired) electrons. The topological polar surface area (TPSA) is 61.6 Å². The second kappa shape index (κ2) is 5.95. The Morgan fingerprint density at radius 1 is 1.16 bits per heavy atom. The second-order valence-corrected chi connectivity index (χ2v) is 4.93. The molecule has 4 nitrogen and oxygen atoms in total. The first-order valence-corrected chi connectivity index (χ1v) is 6.88. The Morgan fingerprint density at radius 2 is 1.74 bits per heavy atom. The van der Waals surface area contributed by atoms with Gasteiger partial charge in [0.15, 0.2) is 5.60 Å². The summed E-state index contributed by atoms with van der Waals surface area (Å²) in [5, 5.41) is 0. The van der Waals surface area contributed by atoms with Crippen molar-refractivity contribution < 1.29 is 14.3 Å². The first kappa shape index (κ1) is 13.7. The molecular weight excluding hydrogens is 242 g/mol. The lowest BCUT2D eigenvalue weighted by Crippen LogP contribution is -2.50. The molecule has 0 heterocycles. The highest BCUT2D eigenvalue weighted by molar-refractivity contribution is 5.84. The van der Waals surface area contributed by atoms with Gasteiger partial charge in [0.1, 0.15) is 11.5 Å². The number of ether oxygens (including phenoxy) is 2. The molecular formula is C15H21NO3. The normalized spacial score (nSPS) is 17.7. The first-order valence-electron chi connectivity index (χ1n) is 6.88. The lowest BCUT2D eigenvalue weighted by molar-refractivity contribution is -0.136. The van der Waals surface area contributed by atoms with Gasteiger partial charge in [0, 0.05) is 0 Å². The Bertz CT molecular complexity index is 422. The standard InChI is InChI=1S/C15H21NO3/c1-2-18-12-6-8-13(9-7-12)19-15(14(16)17)10-4-3-5-11-15/h6-9H,2-5,10-11H2,1H3,(H2,16,17). The molecule has 0 aromatic heterocycles. The quantitative estimate of drug-likeness (QED) is 0.888. The van der Waals surface area contributed by atoms with Gasteiger partial charge < -0.3 is 15.2 Å². The number of hydrogen-bond donors (Lipinski definition) is 1. The zero-order valence-electron chi connectivity index (χ0n) is 11.4. The van der Waals surface area contributed by atoms with Crippen molar-refractivity contribution in [2.75, 3.05) is 6.61 Å². The molecule has 1 amide bonds. The molecule has 2 rings (SSSR count). The summed E-state index contributed by atoms with van der Waals surface area (Å²) in [6.07, 6.45) is 4.52. The van der Waals surface area contributed by atoms with Crippen molar-refractivity contribution in [3.63, 3.8) is 0 Å². The number of nitrogens with two attached hydrogens (primary N) is 1. The lowest BCUT2D eigenvalue weighted by Gasteiger charge is -2.34. The van der Waals surface area contributed by atoms with E-state index in [0.717, 1.165) is 25.0 Å². The molecule has 0 spiro atoms. The predicted octanol–water partition coefficient (Wildman–Crippen LogP) is 2.65. The van der Waals surface area contributed by atoms with E-state index in [1.54, 1.807) is 0 Å². The second-order valence-electron chi connectivity index (χ2n) is 4.93. The Balaban J connectivity index is 2.10. The highest BCUT2D eigenvalue weighted by atomic mass is 16.5. The van der Waals surface area contributed by atoms with Crippen molar-refractivity contribution in [2.24, 2.45) is 5.73 Å². The summed E-state index contributed by atoms with van der Waals surface area (Å²) in [6, 6.07) is 7.33. The molecule has 104 valence electrons. The van der Waals surface area contributed by atoms with Crippen molar-refractivity contribution in [3.8, 4) is 11.5 Å². The predicted molar refractivity (Wildman–Crippen MR) is 73.2 cm³/mol. The fourth-order valence-corrected chi connectivity index (χ4v) is 2.52. The summed E-state index contributed by atoms with van der Waals surface area (Å²) in [7, 11) is 0. The molecule has 0 atom stereocenters. The number of carbonyl (C=O) groups excluding carboxylic acids is 1.